The van der Waals surface area contributed by atoms with Gasteiger partial charge < -0.3 is 15.5 Å². The number of hydrogen-bond acceptors (Lipinski definition) is 2. The first-order valence-corrected chi connectivity index (χ1v) is 6.34. The van der Waals surface area contributed by atoms with Crippen LogP contribution in [-0.2, 0) is 17.5 Å². The molecule has 2 rings (SSSR count). The minimum Gasteiger partial charge on any atom is -0.350 e. The number of nitrogens with zero attached hydrogens (tertiary/aromatic N) is 1. The van der Waals surface area contributed by atoms with E-state index in [1.807, 2.05) is 0 Å². The summed E-state index contributed by atoms with van der Waals surface area (Å²) in [6, 6.07) is 1.66. The van der Waals surface area contributed by atoms with Crippen molar-refractivity contribution in [1.82, 2.24) is 15.5 Å². The molecule has 0 bridgehead atoms. The monoisotopic (exact) mass is 319 g/mol. The van der Waals surface area contributed by atoms with Gasteiger partial charge in [-0.05, 0) is 6.07 Å². The van der Waals surface area contributed by atoms with E-state index in [2.05, 4.69) is 10.6 Å². The molecule has 1 aromatic carbocycles. The second-order valence-electron chi connectivity index (χ2n) is 4.81. The number of rotatable bonds is 3. The Morgan fingerprint density at radius 2 is 2.14 bits per heavy atom. The van der Waals surface area contributed by atoms with Gasteiger partial charge in [0.2, 0.25) is 5.91 Å². The molecular formula is C13H13F4N3O2. The highest BCUT2D eigenvalue weighted by Crippen LogP contribution is 2.32. The second kappa shape index (κ2) is 5.82. The molecule has 0 aromatic heterocycles. The zero-order chi connectivity index (χ0) is 16.5. The summed E-state index contributed by atoms with van der Waals surface area (Å²) in [5, 5.41) is 4.77. The molecule has 1 heterocycles. The van der Waals surface area contributed by atoms with Crippen molar-refractivity contribution in [2.45, 2.75) is 18.8 Å². The molecule has 22 heavy (non-hydrogen) atoms. The summed E-state index contributed by atoms with van der Waals surface area (Å²) in [6.07, 6.45) is -4.80. The van der Waals surface area contributed by atoms with Gasteiger partial charge in [-0.25, -0.2) is 9.18 Å². The quantitative estimate of drug-likeness (QED) is 0.829. The van der Waals surface area contributed by atoms with Gasteiger partial charge in [0.25, 0.3) is 0 Å². The Morgan fingerprint density at radius 3 is 2.68 bits per heavy atom. The molecule has 0 unspecified atom stereocenters. The smallest absolute Gasteiger partial charge is 0.350 e. The minimum absolute atomic E-state index is 0.0895. The van der Waals surface area contributed by atoms with Crippen LogP contribution in [0.3, 0.4) is 0 Å². The summed E-state index contributed by atoms with van der Waals surface area (Å²) in [5.41, 5.74) is -1.66. The van der Waals surface area contributed by atoms with Gasteiger partial charge in [0.05, 0.1) is 5.56 Å². The Kier molecular flexibility index (Phi) is 4.25. The molecule has 0 saturated carbocycles. The van der Waals surface area contributed by atoms with Gasteiger partial charge in [-0.3, -0.25) is 4.79 Å². The normalized spacial score (nSPS) is 18.3. The highest BCUT2D eigenvalue weighted by atomic mass is 19.4. The first kappa shape index (κ1) is 16.1. The van der Waals surface area contributed by atoms with E-state index in [0.29, 0.717) is 6.07 Å². The number of carbonyl (C=O) groups is 2. The molecule has 1 aromatic rings. The van der Waals surface area contributed by atoms with Crippen molar-refractivity contribution in [2.24, 2.45) is 0 Å². The Balaban J connectivity index is 2.06. The van der Waals surface area contributed by atoms with Crippen LogP contribution >= 0.6 is 0 Å². The zero-order valence-corrected chi connectivity index (χ0v) is 11.5. The van der Waals surface area contributed by atoms with Crippen molar-refractivity contribution in [1.29, 1.82) is 0 Å². The number of urea groups is 1. The molecule has 1 saturated heterocycles. The van der Waals surface area contributed by atoms with Crippen LogP contribution in [-0.4, -0.2) is 36.5 Å². The van der Waals surface area contributed by atoms with Gasteiger partial charge in [-0.1, -0.05) is 12.1 Å². The lowest BCUT2D eigenvalue weighted by Gasteiger charge is -2.18. The fourth-order valence-electron chi connectivity index (χ4n) is 2.09. The maximum Gasteiger partial charge on any atom is 0.419 e. The maximum absolute atomic E-state index is 13.8. The molecule has 3 amide bonds. The number of halogens is 4. The van der Waals surface area contributed by atoms with Gasteiger partial charge in [-0.2, -0.15) is 13.2 Å². The molecule has 0 spiro atoms. The molecule has 9 heteroatoms. The number of amides is 3. The second-order valence-corrected chi connectivity index (χ2v) is 4.81. The van der Waals surface area contributed by atoms with Gasteiger partial charge in [0.15, 0.2) is 0 Å². The van der Waals surface area contributed by atoms with Crippen LogP contribution in [0, 0.1) is 5.82 Å². The lowest BCUT2D eigenvalue weighted by Crippen LogP contribution is -2.43. The number of likely N-dealkylation sites (N-methyl/N-ethyl adjacent to an activating group) is 1. The maximum atomic E-state index is 13.8. The Bertz CT molecular complexity index is 603. The fraction of sp³-hybridized carbons (Fsp3) is 0.385. The van der Waals surface area contributed by atoms with E-state index < -0.39 is 42.1 Å². The molecule has 1 fully saturated rings. The van der Waals surface area contributed by atoms with Crippen LogP contribution in [0.15, 0.2) is 18.2 Å². The lowest BCUT2D eigenvalue weighted by molar-refractivity contribution is -0.140. The molecular weight excluding hydrogens is 306 g/mol. The van der Waals surface area contributed by atoms with Crippen molar-refractivity contribution >= 4 is 11.9 Å². The molecule has 1 aliphatic heterocycles. The summed E-state index contributed by atoms with van der Waals surface area (Å²) in [4.78, 5) is 24.3. The van der Waals surface area contributed by atoms with E-state index in [9.17, 15) is 27.2 Å². The third kappa shape index (κ3) is 3.12. The third-order valence-corrected chi connectivity index (χ3v) is 3.37. The topological polar surface area (TPSA) is 61.4 Å². The summed E-state index contributed by atoms with van der Waals surface area (Å²) < 4.78 is 51.6. The highest BCUT2D eigenvalue weighted by Gasteiger charge is 2.35. The number of benzene rings is 1. The highest BCUT2D eigenvalue weighted by molar-refractivity contribution is 5.90. The number of nitrogens with one attached hydrogen (secondary N) is 2. The van der Waals surface area contributed by atoms with Gasteiger partial charge in [0.1, 0.15) is 11.9 Å². The van der Waals surface area contributed by atoms with Crippen LogP contribution < -0.4 is 10.6 Å². The van der Waals surface area contributed by atoms with E-state index in [-0.39, 0.29) is 12.1 Å². The predicted octanol–water partition coefficient (Wildman–Crippen LogP) is 1.48. The molecule has 1 aliphatic rings. The largest absolute Gasteiger partial charge is 0.419 e. The van der Waals surface area contributed by atoms with Crippen LogP contribution in [0.2, 0.25) is 0 Å². The average molecular weight is 319 g/mol. The van der Waals surface area contributed by atoms with Crippen molar-refractivity contribution in [2.75, 3.05) is 13.6 Å². The van der Waals surface area contributed by atoms with Crippen LogP contribution in [0.5, 0.6) is 0 Å². The van der Waals surface area contributed by atoms with Gasteiger partial charge in [-0.15, -0.1) is 0 Å². The van der Waals surface area contributed by atoms with Crippen molar-refractivity contribution < 1.29 is 27.2 Å². The lowest BCUT2D eigenvalue weighted by atomic mass is 10.1. The van der Waals surface area contributed by atoms with Crippen LogP contribution in [0.1, 0.15) is 11.1 Å². The standard InChI is InChI=1S/C13H13F4N3O2/c1-20-9(6-19-12(20)22)11(21)18-5-7-3-2-4-8(10(7)14)13(15,16)17/h2-4,9H,5-6H2,1H3,(H,18,21)(H,19,22)/t9-/m0/s1. The summed E-state index contributed by atoms with van der Waals surface area (Å²) >= 11 is 0. The van der Waals surface area contributed by atoms with Crippen molar-refractivity contribution in [3.05, 3.63) is 35.1 Å². The number of alkyl halides is 3. The molecule has 1 atom stereocenters. The summed E-state index contributed by atoms with van der Waals surface area (Å²) in [5.74, 6) is -1.98. The first-order valence-electron chi connectivity index (χ1n) is 6.34. The Hall–Kier alpha value is -2.32. The molecule has 2 N–H and O–H groups in total. The molecule has 120 valence electrons. The van der Waals surface area contributed by atoms with Crippen LogP contribution in [0.4, 0.5) is 22.4 Å². The summed E-state index contributed by atoms with van der Waals surface area (Å²) in [6.45, 7) is -0.306. The number of carbonyl (C=O) groups excluding carboxylic acids is 2. The van der Waals surface area contributed by atoms with E-state index in [4.69, 9.17) is 0 Å². The Labute approximate surface area is 123 Å². The van der Waals surface area contributed by atoms with Gasteiger partial charge in [0, 0.05) is 25.7 Å². The minimum atomic E-state index is -4.80. The van der Waals surface area contributed by atoms with E-state index in [1.165, 1.54) is 7.05 Å². The first-order chi connectivity index (χ1) is 10.2. The SMILES string of the molecule is CN1C(=O)NC[C@H]1C(=O)NCc1cccc(C(F)(F)F)c1F. The average Bonchev–Trinajstić information content (AvgIpc) is 2.76. The fourth-order valence-corrected chi connectivity index (χ4v) is 2.09. The predicted molar refractivity (Wildman–Crippen MR) is 68.2 cm³/mol. The molecule has 5 nitrogen and oxygen atoms in total. The van der Waals surface area contributed by atoms with Crippen molar-refractivity contribution in [3.8, 4) is 0 Å². The van der Waals surface area contributed by atoms with Crippen molar-refractivity contribution in [3.63, 3.8) is 0 Å². The molecule has 0 aliphatic carbocycles. The van der Waals surface area contributed by atoms with Crippen LogP contribution in [0.25, 0.3) is 0 Å². The number of hydrogen-bond donors (Lipinski definition) is 2. The third-order valence-electron chi connectivity index (χ3n) is 3.37. The summed E-state index contributed by atoms with van der Waals surface area (Å²) in [7, 11) is 1.41. The zero-order valence-electron chi connectivity index (χ0n) is 11.5. The van der Waals surface area contributed by atoms with E-state index >= 15 is 0 Å². The van der Waals surface area contributed by atoms with E-state index in [1.54, 1.807) is 0 Å². The van der Waals surface area contributed by atoms with Gasteiger partial charge >= 0.3 is 12.2 Å². The molecule has 0 radical (unpaired) electrons. The Morgan fingerprint density at radius 1 is 1.45 bits per heavy atom. The van der Waals surface area contributed by atoms with E-state index in [0.717, 1.165) is 17.0 Å².